The summed E-state index contributed by atoms with van der Waals surface area (Å²) < 4.78 is 29.6. The van der Waals surface area contributed by atoms with Gasteiger partial charge < -0.3 is 4.90 Å². The van der Waals surface area contributed by atoms with Crippen molar-refractivity contribution in [3.05, 3.63) is 23.2 Å². The number of aromatic nitrogens is 1. The molecule has 5 rings (SSSR count). The highest BCUT2D eigenvalue weighted by Crippen LogP contribution is 2.64. The number of anilines is 1. The van der Waals surface area contributed by atoms with Gasteiger partial charge in [-0.25, -0.2) is 17.7 Å². The van der Waals surface area contributed by atoms with E-state index < -0.39 is 15.4 Å². The number of carbonyl (C=O) groups excluding carboxylic acids is 1. The smallest absolute Gasteiger partial charge is 0.215 e. The number of carbonyl (C=O) groups is 1. The zero-order valence-electron chi connectivity index (χ0n) is 17.9. The lowest BCUT2D eigenvalue weighted by molar-refractivity contribution is -0.128. The van der Waals surface area contributed by atoms with Crippen molar-refractivity contribution in [2.45, 2.75) is 39.5 Å². The molecule has 2 atom stereocenters. The average Bonchev–Trinajstić information content (AvgIpc) is 3.15. The normalized spacial score (nSPS) is 29.1. The SMILES string of the molecule is CC1(C)[C@@H]2CC[C@]1(CS(=O)(=O)N1CCCN(c3nc4ccc(Cl)cc4s3)CC1)C(=O)C2. The van der Waals surface area contributed by atoms with Gasteiger partial charge in [0.2, 0.25) is 10.0 Å². The summed E-state index contributed by atoms with van der Waals surface area (Å²) in [5.41, 5.74) is -0.0403. The summed E-state index contributed by atoms with van der Waals surface area (Å²) in [5.74, 6) is 0.436. The Kier molecular flexibility index (Phi) is 5.16. The van der Waals surface area contributed by atoms with E-state index >= 15 is 0 Å². The summed E-state index contributed by atoms with van der Waals surface area (Å²) in [4.78, 5) is 19.7. The molecule has 2 saturated carbocycles. The maximum absolute atomic E-state index is 13.5. The Labute approximate surface area is 192 Å². The predicted octanol–water partition coefficient (Wildman–Crippen LogP) is 4.19. The van der Waals surface area contributed by atoms with Crippen molar-refractivity contribution in [1.82, 2.24) is 9.29 Å². The van der Waals surface area contributed by atoms with Gasteiger partial charge in [0.15, 0.2) is 5.13 Å². The largest absolute Gasteiger partial charge is 0.347 e. The Morgan fingerprint density at radius 2 is 2.03 bits per heavy atom. The number of fused-ring (bicyclic) bond motifs is 3. The lowest BCUT2D eigenvalue weighted by Crippen LogP contribution is -2.47. The van der Waals surface area contributed by atoms with Gasteiger partial charge in [-0.1, -0.05) is 36.8 Å². The third kappa shape index (κ3) is 3.41. The molecule has 3 aliphatic rings. The van der Waals surface area contributed by atoms with E-state index in [9.17, 15) is 13.2 Å². The summed E-state index contributed by atoms with van der Waals surface area (Å²) >= 11 is 7.69. The fourth-order valence-electron chi connectivity index (χ4n) is 5.90. The van der Waals surface area contributed by atoms with Crippen LogP contribution >= 0.6 is 22.9 Å². The number of ketones is 1. The molecule has 1 saturated heterocycles. The highest BCUT2D eigenvalue weighted by Gasteiger charge is 2.65. The van der Waals surface area contributed by atoms with Crippen LogP contribution in [0.4, 0.5) is 5.13 Å². The zero-order valence-corrected chi connectivity index (χ0v) is 20.3. The van der Waals surface area contributed by atoms with Crippen LogP contribution in [0.3, 0.4) is 0 Å². The van der Waals surface area contributed by atoms with Crippen LogP contribution in [0.25, 0.3) is 10.2 Å². The topological polar surface area (TPSA) is 70.6 Å². The maximum atomic E-state index is 13.5. The number of halogens is 1. The minimum absolute atomic E-state index is 0.0397. The van der Waals surface area contributed by atoms with E-state index in [0.717, 1.165) is 34.7 Å². The molecule has 1 aliphatic heterocycles. The van der Waals surface area contributed by atoms with Crippen molar-refractivity contribution in [3.8, 4) is 0 Å². The predicted molar refractivity (Wildman–Crippen MR) is 125 cm³/mol. The first-order valence-corrected chi connectivity index (χ1v) is 13.7. The van der Waals surface area contributed by atoms with E-state index in [1.165, 1.54) is 0 Å². The maximum Gasteiger partial charge on any atom is 0.215 e. The second kappa shape index (κ2) is 7.40. The van der Waals surface area contributed by atoms with Gasteiger partial charge in [0.1, 0.15) is 5.78 Å². The molecule has 0 amide bonds. The molecule has 0 N–H and O–H groups in total. The molecule has 0 radical (unpaired) electrons. The fourth-order valence-corrected chi connectivity index (χ4v) is 9.44. The molecule has 3 fully saturated rings. The van der Waals surface area contributed by atoms with Crippen LogP contribution in [0.2, 0.25) is 5.02 Å². The van der Waals surface area contributed by atoms with Crippen molar-refractivity contribution >= 4 is 54.1 Å². The highest BCUT2D eigenvalue weighted by atomic mass is 35.5. The Balaban J connectivity index is 1.33. The molecule has 2 heterocycles. The third-order valence-electron chi connectivity index (χ3n) is 8.03. The molecule has 6 nitrogen and oxygen atoms in total. The Morgan fingerprint density at radius 1 is 1.23 bits per heavy atom. The van der Waals surface area contributed by atoms with Crippen molar-refractivity contribution in [3.63, 3.8) is 0 Å². The van der Waals surface area contributed by atoms with Crippen molar-refractivity contribution in [2.75, 3.05) is 36.8 Å². The molecule has 1 aromatic carbocycles. The van der Waals surface area contributed by atoms with Gasteiger partial charge in [-0.15, -0.1) is 0 Å². The third-order valence-corrected chi connectivity index (χ3v) is 11.3. The molecule has 0 spiro atoms. The second-order valence-electron chi connectivity index (χ2n) is 9.77. The van der Waals surface area contributed by atoms with Crippen LogP contribution in [0.1, 0.15) is 39.5 Å². The number of hydrogen-bond acceptors (Lipinski definition) is 6. The van der Waals surface area contributed by atoms with Crippen LogP contribution in [0.5, 0.6) is 0 Å². The van der Waals surface area contributed by atoms with E-state index in [2.05, 4.69) is 18.7 Å². The molecule has 1 aromatic heterocycles. The number of nitrogens with zero attached hydrogens (tertiary/aromatic N) is 3. The molecule has 9 heteroatoms. The van der Waals surface area contributed by atoms with Gasteiger partial charge >= 0.3 is 0 Å². The standard InChI is InChI=1S/C22H28ClN3O3S2/c1-21(2)15-6-7-22(21,19(27)12-15)14-31(28,29)26-9-3-8-25(10-11-26)20-24-17-5-4-16(23)13-18(17)30-20/h4-5,13,15H,3,6-12,14H2,1-2H3/t15-,22+/m1/s1. The first-order valence-electron chi connectivity index (χ1n) is 10.9. The van der Waals surface area contributed by atoms with E-state index in [4.69, 9.17) is 16.6 Å². The first kappa shape index (κ1) is 21.6. The van der Waals surface area contributed by atoms with Crippen LogP contribution in [-0.2, 0) is 14.8 Å². The molecular weight excluding hydrogens is 454 g/mol. The number of benzene rings is 1. The van der Waals surface area contributed by atoms with Gasteiger partial charge in [-0.2, -0.15) is 0 Å². The molecule has 0 unspecified atom stereocenters. The molecule has 31 heavy (non-hydrogen) atoms. The Hall–Kier alpha value is -1.22. The average molecular weight is 482 g/mol. The molecule has 2 aliphatic carbocycles. The number of Topliss-reactive ketones (excluding diaryl/α,β-unsaturated/α-hetero) is 1. The second-order valence-corrected chi connectivity index (χ2v) is 13.2. The van der Waals surface area contributed by atoms with Gasteiger partial charge in [-0.05, 0) is 48.8 Å². The number of rotatable bonds is 4. The molecule has 2 bridgehead atoms. The van der Waals surface area contributed by atoms with E-state index in [1.807, 2.05) is 18.2 Å². The molecule has 168 valence electrons. The zero-order chi connectivity index (χ0) is 22.0. The number of sulfonamides is 1. The first-order chi connectivity index (χ1) is 14.6. The minimum Gasteiger partial charge on any atom is -0.347 e. The lowest BCUT2D eigenvalue weighted by Gasteiger charge is -2.37. The molecule has 2 aromatic rings. The monoisotopic (exact) mass is 481 g/mol. The van der Waals surface area contributed by atoms with Gasteiger partial charge in [0.05, 0.1) is 16.0 Å². The lowest BCUT2D eigenvalue weighted by atomic mass is 9.70. The van der Waals surface area contributed by atoms with E-state index in [0.29, 0.717) is 43.4 Å². The summed E-state index contributed by atoms with van der Waals surface area (Å²) in [7, 11) is -3.52. The van der Waals surface area contributed by atoms with Crippen molar-refractivity contribution < 1.29 is 13.2 Å². The summed E-state index contributed by atoms with van der Waals surface area (Å²) in [6, 6.07) is 5.67. The van der Waals surface area contributed by atoms with Crippen molar-refractivity contribution in [2.24, 2.45) is 16.7 Å². The van der Waals surface area contributed by atoms with Gasteiger partial charge in [0, 0.05) is 43.0 Å². The van der Waals surface area contributed by atoms with E-state index in [-0.39, 0.29) is 17.0 Å². The van der Waals surface area contributed by atoms with Gasteiger partial charge in [-0.3, -0.25) is 4.79 Å². The number of thiazole rings is 1. The van der Waals surface area contributed by atoms with Crippen molar-refractivity contribution in [1.29, 1.82) is 0 Å². The molecular formula is C22H28ClN3O3S2. The Morgan fingerprint density at radius 3 is 2.74 bits per heavy atom. The van der Waals surface area contributed by atoms with Crippen LogP contribution < -0.4 is 4.90 Å². The quantitative estimate of drug-likeness (QED) is 0.654. The summed E-state index contributed by atoms with van der Waals surface area (Å²) in [6.45, 7) is 6.46. The summed E-state index contributed by atoms with van der Waals surface area (Å²) in [6.07, 6.45) is 2.95. The van der Waals surface area contributed by atoms with Crippen LogP contribution in [-0.4, -0.2) is 55.4 Å². The highest BCUT2D eigenvalue weighted by molar-refractivity contribution is 7.89. The summed E-state index contributed by atoms with van der Waals surface area (Å²) in [5, 5.41) is 1.59. The van der Waals surface area contributed by atoms with E-state index in [1.54, 1.807) is 15.6 Å². The Bertz CT molecular complexity index is 1150. The minimum atomic E-state index is -3.52. The number of hydrogen-bond donors (Lipinski definition) is 0. The van der Waals surface area contributed by atoms with Crippen LogP contribution in [0, 0.1) is 16.7 Å². The van der Waals surface area contributed by atoms with Crippen LogP contribution in [0.15, 0.2) is 18.2 Å². The fraction of sp³-hybridized carbons (Fsp3) is 0.636. The van der Waals surface area contributed by atoms with Gasteiger partial charge in [0.25, 0.3) is 0 Å².